The van der Waals surface area contributed by atoms with E-state index < -0.39 is 11.5 Å². The zero-order valence-corrected chi connectivity index (χ0v) is 14.2. The standard InChI is InChI=1S/C17H18N6O3/c1-23-11-20-22-15(23)7-8-18-16(24)13-9-19-14(21-17(13)25)10-26-12-5-3-2-4-6-12/h2-6,9,11H,7-8,10H2,1H3,(H,18,24)(H,19,21,25). The van der Waals surface area contributed by atoms with Crippen LogP contribution >= 0.6 is 0 Å². The minimum Gasteiger partial charge on any atom is -0.486 e. The maximum Gasteiger partial charge on any atom is 0.263 e. The molecule has 0 aliphatic heterocycles. The summed E-state index contributed by atoms with van der Waals surface area (Å²) in [5.41, 5.74) is -0.561. The van der Waals surface area contributed by atoms with Crippen LogP contribution < -0.4 is 15.6 Å². The number of aromatic amines is 1. The number of ether oxygens (including phenoxy) is 1. The molecule has 3 aromatic rings. The molecule has 3 rings (SSSR count). The number of aryl methyl sites for hydroxylation is 1. The number of nitrogens with zero attached hydrogens (tertiary/aromatic N) is 4. The van der Waals surface area contributed by atoms with Gasteiger partial charge in [-0.25, -0.2) is 4.98 Å². The van der Waals surface area contributed by atoms with E-state index >= 15 is 0 Å². The Balaban J connectivity index is 1.55. The van der Waals surface area contributed by atoms with Crippen LogP contribution in [0.5, 0.6) is 5.75 Å². The second-order valence-electron chi connectivity index (χ2n) is 5.54. The van der Waals surface area contributed by atoms with E-state index in [4.69, 9.17) is 4.74 Å². The highest BCUT2D eigenvalue weighted by Gasteiger charge is 2.12. The van der Waals surface area contributed by atoms with Crippen molar-refractivity contribution >= 4 is 5.91 Å². The number of amides is 1. The smallest absolute Gasteiger partial charge is 0.263 e. The fraction of sp³-hybridized carbons (Fsp3) is 0.235. The van der Waals surface area contributed by atoms with Gasteiger partial charge < -0.3 is 19.6 Å². The summed E-state index contributed by atoms with van der Waals surface area (Å²) in [5, 5.41) is 10.4. The van der Waals surface area contributed by atoms with Gasteiger partial charge in [0.05, 0.1) is 0 Å². The molecule has 1 aromatic carbocycles. The van der Waals surface area contributed by atoms with Crippen LogP contribution in [0.4, 0.5) is 0 Å². The van der Waals surface area contributed by atoms with Crippen molar-refractivity contribution in [1.29, 1.82) is 0 Å². The quantitative estimate of drug-likeness (QED) is 0.637. The van der Waals surface area contributed by atoms with E-state index in [2.05, 4.69) is 25.5 Å². The highest BCUT2D eigenvalue weighted by atomic mass is 16.5. The van der Waals surface area contributed by atoms with E-state index in [1.165, 1.54) is 6.20 Å². The largest absolute Gasteiger partial charge is 0.486 e. The molecule has 9 nitrogen and oxygen atoms in total. The SMILES string of the molecule is Cn1cnnc1CCNC(=O)c1cnc(COc2ccccc2)[nH]c1=O. The van der Waals surface area contributed by atoms with Crippen molar-refractivity contribution in [1.82, 2.24) is 30.0 Å². The number of para-hydroxylation sites is 1. The van der Waals surface area contributed by atoms with Crippen LogP contribution in [0.1, 0.15) is 22.0 Å². The van der Waals surface area contributed by atoms with Crippen LogP contribution in [0, 0.1) is 0 Å². The number of hydrogen-bond acceptors (Lipinski definition) is 6. The summed E-state index contributed by atoms with van der Waals surface area (Å²) in [4.78, 5) is 30.9. The predicted octanol–water partition coefficient (Wildman–Crippen LogP) is 0.450. The molecule has 2 aromatic heterocycles. The van der Waals surface area contributed by atoms with Gasteiger partial charge >= 0.3 is 0 Å². The molecule has 2 N–H and O–H groups in total. The lowest BCUT2D eigenvalue weighted by molar-refractivity contribution is 0.0951. The van der Waals surface area contributed by atoms with Gasteiger partial charge in [-0.1, -0.05) is 18.2 Å². The Kier molecular flexibility index (Phi) is 5.37. The molecule has 0 spiro atoms. The molecule has 0 unspecified atom stereocenters. The maximum atomic E-state index is 12.1. The number of carbonyl (C=O) groups is 1. The van der Waals surface area contributed by atoms with Gasteiger partial charge in [0, 0.05) is 26.2 Å². The van der Waals surface area contributed by atoms with Crippen LogP contribution in [0.3, 0.4) is 0 Å². The molecule has 0 radical (unpaired) electrons. The number of hydrogen-bond donors (Lipinski definition) is 2. The van der Waals surface area contributed by atoms with Crippen LogP contribution in [0.2, 0.25) is 0 Å². The van der Waals surface area contributed by atoms with Crippen LogP contribution in [-0.2, 0) is 20.1 Å². The summed E-state index contributed by atoms with van der Waals surface area (Å²) in [6.45, 7) is 0.441. The first-order valence-corrected chi connectivity index (χ1v) is 8.00. The molecule has 0 bridgehead atoms. The minimum absolute atomic E-state index is 0.0496. The average molecular weight is 354 g/mol. The van der Waals surface area contributed by atoms with Gasteiger partial charge in [0.1, 0.15) is 35.9 Å². The lowest BCUT2D eigenvalue weighted by atomic mass is 10.3. The molecule has 134 valence electrons. The molecule has 1 amide bonds. The van der Waals surface area contributed by atoms with Gasteiger partial charge in [-0.2, -0.15) is 0 Å². The van der Waals surface area contributed by atoms with Gasteiger partial charge in [0.2, 0.25) is 0 Å². The van der Waals surface area contributed by atoms with Gasteiger partial charge in [0.15, 0.2) is 0 Å². The van der Waals surface area contributed by atoms with E-state index in [-0.39, 0.29) is 12.2 Å². The molecule has 9 heteroatoms. The summed E-state index contributed by atoms with van der Waals surface area (Å²) >= 11 is 0. The van der Waals surface area contributed by atoms with E-state index in [9.17, 15) is 9.59 Å². The second-order valence-corrected chi connectivity index (χ2v) is 5.54. The summed E-state index contributed by atoms with van der Waals surface area (Å²) < 4.78 is 7.28. The normalized spacial score (nSPS) is 10.5. The lowest BCUT2D eigenvalue weighted by Crippen LogP contribution is -2.32. The monoisotopic (exact) mass is 354 g/mol. The molecule has 0 aliphatic carbocycles. The molecule has 0 saturated carbocycles. The molecule has 2 heterocycles. The Morgan fingerprint density at radius 3 is 2.81 bits per heavy atom. The number of carbonyl (C=O) groups excluding carboxylic acids is 1. The van der Waals surface area contributed by atoms with Crippen LogP contribution in [-0.4, -0.2) is 37.2 Å². The summed E-state index contributed by atoms with van der Waals surface area (Å²) in [6, 6.07) is 9.18. The minimum atomic E-state index is -0.511. The van der Waals surface area contributed by atoms with Crippen molar-refractivity contribution in [3.05, 3.63) is 70.4 Å². The number of H-pyrrole nitrogens is 1. The van der Waals surface area contributed by atoms with Gasteiger partial charge in [0.25, 0.3) is 11.5 Å². The molecular weight excluding hydrogens is 336 g/mol. The lowest BCUT2D eigenvalue weighted by Gasteiger charge is -2.07. The number of rotatable bonds is 7. The van der Waals surface area contributed by atoms with E-state index in [0.717, 1.165) is 5.82 Å². The fourth-order valence-electron chi connectivity index (χ4n) is 2.25. The molecular formula is C17H18N6O3. The van der Waals surface area contributed by atoms with Crippen molar-refractivity contribution in [2.24, 2.45) is 7.05 Å². The Bertz CT molecular complexity index is 935. The molecule has 26 heavy (non-hydrogen) atoms. The average Bonchev–Trinajstić information content (AvgIpc) is 3.06. The third-order valence-electron chi connectivity index (χ3n) is 3.65. The molecule has 0 fully saturated rings. The van der Waals surface area contributed by atoms with Gasteiger partial charge in [-0.15, -0.1) is 10.2 Å². The first-order valence-electron chi connectivity index (χ1n) is 8.00. The van der Waals surface area contributed by atoms with E-state index in [0.29, 0.717) is 24.5 Å². The first-order chi connectivity index (χ1) is 12.6. The summed E-state index contributed by atoms with van der Waals surface area (Å²) in [5.74, 6) is 1.26. The van der Waals surface area contributed by atoms with Gasteiger partial charge in [-0.05, 0) is 12.1 Å². The van der Waals surface area contributed by atoms with E-state index in [1.54, 1.807) is 23.0 Å². The highest BCUT2D eigenvalue weighted by molar-refractivity contribution is 5.93. The zero-order chi connectivity index (χ0) is 18.4. The highest BCUT2D eigenvalue weighted by Crippen LogP contribution is 2.09. The van der Waals surface area contributed by atoms with Crippen molar-refractivity contribution in [3.63, 3.8) is 0 Å². The predicted molar refractivity (Wildman–Crippen MR) is 92.7 cm³/mol. The van der Waals surface area contributed by atoms with Crippen LogP contribution in [0.25, 0.3) is 0 Å². The van der Waals surface area contributed by atoms with Crippen molar-refractivity contribution in [2.75, 3.05) is 6.54 Å². The number of aromatic nitrogens is 5. The van der Waals surface area contributed by atoms with Crippen LogP contribution in [0.15, 0.2) is 47.7 Å². The van der Waals surface area contributed by atoms with Gasteiger partial charge in [-0.3, -0.25) is 9.59 Å². The number of benzene rings is 1. The first kappa shape index (κ1) is 17.3. The third-order valence-corrected chi connectivity index (χ3v) is 3.65. The maximum absolute atomic E-state index is 12.1. The molecule has 0 aliphatic rings. The third kappa shape index (κ3) is 4.32. The summed E-state index contributed by atoms with van der Waals surface area (Å²) in [6.07, 6.45) is 3.35. The topological polar surface area (TPSA) is 115 Å². The zero-order valence-electron chi connectivity index (χ0n) is 14.2. The molecule has 0 saturated heterocycles. The Labute approximate surface area is 149 Å². The Morgan fingerprint density at radius 1 is 1.31 bits per heavy atom. The Hall–Kier alpha value is -3.49. The van der Waals surface area contributed by atoms with Crippen molar-refractivity contribution in [3.8, 4) is 5.75 Å². The fourth-order valence-corrected chi connectivity index (χ4v) is 2.25. The van der Waals surface area contributed by atoms with E-state index in [1.807, 2.05) is 25.2 Å². The molecule has 0 atom stereocenters. The Morgan fingerprint density at radius 2 is 2.12 bits per heavy atom. The number of nitrogens with one attached hydrogen (secondary N) is 2. The van der Waals surface area contributed by atoms with Crippen molar-refractivity contribution < 1.29 is 9.53 Å². The summed E-state index contributed by atoms with van der Waals surface area (Å²) in [7, 11) is 1.82. The second kappa shape index (κ2) is 8.06. The van der Waals surface area contributed by atoms with Crippen molar-refractivity contribution in [2.45, 2.75) is 13.0 Å².